The van der Waals surface area contributed by atoms with Crippen LogP contribution in [0.2, 0.25) is 0 Å². The second kappa shape index (κ2) is 18.6. The van der Waals surface area contributed by atoms with E-state index in [-0.39, 0.29) is 5.91 Å². The molecule has 0 saturated heterocycles. The zero-order valence-electron chi connectivity index (χ0n) is 21.7. The molecule has 0 unspecified atom stereocenters. The van der Waals surface area contributed by atoms with E-state index in [2.05, 4.69) is 47.6 Å². The molecule has 3 rings (SSSR count). The molecule has 5 nitrogen and oxygen atoms in total. The number of amides is 1. The largest absolute Gasteiger partial charge is 0.352 e. The summed E-state index contributed by atoms with van der Waals surface area (Å²) in [7, 11) is 0. The molecule has 1 saturated carbocycles. The van der Waals surface area contributed by atoms with Crippen molar-refractivity contribution in [3.63, 3.8) is 0 Å². The average Bonchev–Trinajstić information content (AvgIpc) is 3.03. The minimum absolute atomic E-state index is 0.0501. The van der Waals surface area contributed by atoms with Crippen LogP contribution in [-0.4, -0.2) is 29.0 Å². The van der Waals surface area contributed by atoms with Crippen molar-refractivity contribution in [3.8, 4) is 0 Å². The number of carbonyl (C=O) groups is 1. The first-order chi connectivity index (χ1) is 16.5. The number of unbranched alkanes of at least 4 members (excludes halogenated alkanes) is 1. The van der Waals surface area contributed by atoms with Gasteiger partial charge in [0.1, 0.15) is 0 Å². The highest BCUT2D eigenvalue weighted by molar-refractivity contribution is 5.97. The van der Waals surface area contributed by atoms with Crippen LogP contribution < -0.4 is 10.6 Å². The van der Waals surface area contributed by atoms with Crippen LogP contribution in [0.3, 0.4) is 0 Å². The molecule has 188 valence electrons. The van der Waals surface area contributed by atoms with Gasteiger partial charge in [-0.1, -0.05) is 90.0 Å². The normalized spacial score (nSPS) is 13.1. The van der Waals surface area contributed by atoms with Gasteiger partial charge in [-0.15, -0.1) is 6.58 Å². The number of H-pyrrole nitrogens is 1. The second-order valence-corrected chi connectivity index (χ2v) is 8.61. The summed E-state index contributed by atoms with van der Waals surface area (Å²) in [6, 6.07) is 5.48. The maximum absolute atomic E-state index is 12.1. The first-order valence-electron chi connectivity index (χ1n) is 13.0. The Balaban J connectivity index is 0.000000432. The fourth-order valence-corrected chi connectivity index (χ4v) is 3.44. The summed E-state index contributed by atoms with van der Waals surface area (Å²) < 4.78 is 0. The molecule has 3 N–H and O–H groups in total. The Bertz CT molecular complexity index is 862. The SMILES string of the molecule is C1CCCCCC1.C=C(/C=C\C)CNc1nc2ccc(C(=O)NCCCC)cc2[nH]1.C=CCC. The average molecular weight is 467 g/mol. The van der Waals surface area contributed by atoms with Crippen LogP contribution in [0.15, 0.2) is 55.2 Å². The molecular weight excluding hydrogens is 420 g/mol. The first kappa shape index (κ1) is 29.2. The maximum atomic E-state index is 12.1. The smallest absolute Gasteiger partial charge is 0.251 e. The number of nitrogens with one attached hydrogen (secondary N) is 3. The lowest BCUT2D eigenvalue weighted by molar-refractivity contribution is 0.0953. The molecule has 2 aromatic rings. The van der Waals surface area contributed by atoms with Gasteiger partial charge in [-0.3, -0.25) is 4.79 Å². The van der Waals surface area contributed by atoms with E-state index in [1.54, 1.807) is 6.07 Å². The fraction of sp³-hybridized carbons (Fsp3) is 0.517. The third kappa shape index (κ3) is 12.4. The van der Waals surface area contributed by atoms with E-state index in [1.165, 1.54) is 44.9 Å². The maximum Gasteiger partial charge on any atom is 0.251 e. The molecule has 0 atom stereocenters. The molecule has 0 bridgehead atoms. The second-order valence-electron chi connectivity index (χ2n) is 8.61. The Labute approximate surface area is 207 Å². The van der Waals surface area contributed by atoms with E-state index < -0.39 is 0 Å². The number of anilines is 1. The summed E-state index contributed by atoms with van der Waals surface area (Å²) >= 11 is 0. The van der Waals surface area contributed by atoms with Gasteiger partial charge in [-0.05, 0) is 43.5 Å². The van der Waals surface area contributed by atoms with Crippen molar-refractivity contribution >= 4 is 22.9 Å². The molecule has 0 aliphatic heterocycles. The molecule has 1 fully saturated rings. The third-order valence-electron chi connectivity index (χ3n) is 5.48. The van der Waals surface area contributed by atoms with Crippen LogP contribution in [0.25, 0.3) is 11.0 Å². The lowest BCUT2D eigenvalue weighted by atomic mass is 10.2. The Morgan fingerprint density at radius 3 is 2.26 bits per heavy atom. The number of aromatic nitrogens is 2. The molecule has 34 heavy (non-hydrogen) atoms. The summed E-state index contributed by atoms with van der Waals surface area (Å²) in [5.74, 6) is 0.625. The number of imidazole rings is 1. The Hall–Kier alpha value is -2.82. The van der Waals surface area contributed by atoms with Crippen LogP contribution in [0.4, 0.5) is 5.95 Å². The summed E-state index contributed by atoms with van der Waals surface area (Å²) in [6.07, 6.45) is 19.4. The van der Waals surface area contributed by atoms with Gasteiger partial charge >= 0.3 is 0 Å². The monoisotopic (exact) mass is 466 g/mol. The van der Waals surface area contributed by atoms with E-state index in [9.17, 15) is 4.79 Å². The lowest BCUT2D eigenvalue weighted by Gasteiger charge is -2.03. The molecule has 0 radical (unpaired) electrons. The fourth-order valence-electron chi connectivity index (χ4n) is 3.44. The number of benzene rings is 1. The van der Waals surface area contributed by atoms with E-state index in [0.29, 0.717) is 24.6 Å². The Kier molecular flexibility index (Phi) is 16.0. The van der Waals surface area contributed by atoms with E-state index in [1.807, 2.05) is 37.3 Å². The minimum Gasteiger partial charge on any atom is -0.352 e. The zero-order valence-corrected chi connectivity index (χ0v) is 21.7. The summed E-state index contributed by atoms with van der Waals surface area (Å²) in [5, 5.41) is 6.11. The van der Waals surface area contributed by atoms with Crippen molar-refractivity contribution in [2.75, 3.05) is 18.4 Å². The van der Waals surface area contributed by atoms with Crippen molar-refractivity contribution in [1.29, 1.82) is 0 Å². The molecule has 1 heterocycles. The van der Waals surface area contributed by atoms with Gasteiger partial charge in [-0.2, -0.15) is 0 Å². The van der Waals surface area contributed by atoms with Gasteiger partial charge in [0.25, 0.3) is 5.91 Å². The number of hydrogen-bond acceptors (Lipinski definition) is 3. The lowest BCUT2D eigenvalue weighted by Crippen LogP contribution is -2.24. The van der Waals surface area contributed by atoms with Gasteiger partial charge in [0.05, 0.1) is 11.0 Å². The van der Waals surface area contributed by atoms with Crippen molar-refractivity contribution < 1.29 is 4.79 Å². The zero-order chi connectivity index (χ0) is 25.0. The highest BCUT2D eigenvalue weighted by Crippen LogP contribution is 2.17. The first-order valence-corrected chi connectivity index (χ1v) is 13.0. The number of rotatable bonds is 9. The Morgan fingerprint density at radius 1 is 1.12 bits per heavy atom. The quantitative estimate of drug-likeness (QED) is 0.152. The highest BCUT2D eigenvalue weighted by atomic mass is 16.1. The van der Waals surface area contributed by atoms with Crippen molar-refractivity contribution in [2.45, 2.75) is 85.0 Å². The molecule has 1 aromatic heterocycles. The van der Waals surface area contributed by atoms with Crippen molar-refractivity contribution in [2.24, 2.45) is 0 Å². The molecule has 5 heteroatoms. The third-order valence-corrected chi connectivity index (χ3v) is 5.48. The Morgan fingerprint density at radius 2 is 1.74 bits per heavy atom. The van der Waals surface area contributed by atoms with Crippen LogP contribution >= 0.6 is 0 Å². The van der Waals surface area contributed by atoms with Crippen LogP contribution in [-0.2, 0) is 0 Å². The number of aromatic amines is 1. The van der Waals surface area contributed by atoms with E-state index >= 15 is 0 Å². The molecule has 1 aliphatic carbocycles. The standard InChI is InChI=1S/C18H24N4O.C7H14.C4H8/c1-4-6-10-19-17(23)14-8-9-15-16(11-14)22-18(21-15)20-12-13(3)7-5-2;1-2-4-6-7-5-3-1;1-3-4-2/h5,7-9,11H,3-4,6,10,12H2,1-2H3,(H,19,23)(H2,20,21,22);1-7H2;3H,1,4H2,2H3/b7-5-;;. The summed E-state index contributed by atoms with van der Waals surface area (Å²) in [6.45, 7) is 14.9. The highest BCUT2D eigenvalue weighted by Gasteiger charge is 2.08. The number of nitrogens with zero attached hydrogens (tertiary/aromatic N) is 1. The van der Waals surface area contributed by atoms with Crippen LogP contribution in [0.1, 0.15) is 95.3 Å². The summed E-state index contributed by atoms with van der Waals surface area (Å²) in [4.78, 5) is 19.7. The topological polar surface area (TPSA) is 69.8 Å². The van der Waals surface area contributed by atoms with E-state index in [0.717, 1.165) is 35.9 Å². The van der Waals surface area contributed by atoms with Crippen LogP contribution in [0, 0.1) is 0 Å². The summed E-state index contributed by atoms with van der Waals surface area (Å²) in [5.41, 5.74) is 3.28. The number of allylic oxidation sites excluding steroid dienone is 2. The number of hydrogen-bond donors (Lipinski definition) is 3. The predicted octanol–water partition coefficient (Wildman–Crippen LogP) is 7.95. The van der Waals surface area contributed by atoms with Crippen LogP contribution in [0.5, 0.6) is 0 Å². The molecule has 1 aromatic carbocycles. The van der Waals surface area contributed by atoms with Gasteiger partial charge < -0.3 is 15.6 Å². The van der Waals surface area contributed by atoms with Gasteiger partial charge in [0.2, 0.25) is 5.95 Å². The predicted molar refractivity (Wildman–Crippen MR) is 149 cm³/mol. The molecular formula is C29H46N4O. The minimum atomic E-state index is -0.0501. The van der Waals surface area contributed by atoms with Crippen molar-refractivity contribution in [1.82, 2.24) is 15.3 Å². The number of carbonyl (C=O) groups excluding carboxylic acids is 1. The molecule has 1 aliphatic rings. The van der Waals surface area contributed by atoms with Gasteiger partial charge in [0.15, 0.2) is 0 Å². The van der Waals surface area contributed by atoms with Gasteiger partial charge in [0, 0.05) is 18.7 Å². The molecule has 0 spiro atoms. The molecule has 1 amide bonds. The van der Waals surface area contributed by atoms with Gasteiger partial charge in [-0.25, -0.2) is 4.98 Å². The number of fused-ring (bicyclic) bond motifs is 1. The van der Waals surface area contributed by atoms with Crippen molar-refractivity contribution in [3.05, 3.63) is 60.7 Å². The van der Waals surface area contributed by atoms with E-state index in [4.69, 9.17) is 0 Å².